The third-order valence-electron chi connectivity index (χ3n) is 4.45. The van der Waals surface area contributed by atoms with Crippen LogP contribution in [0.25, 0.3) is 0 Å². The number of thioether (sulfide) groups is 1. The Morgan fingerprint density at radius 1 is 1.07 bits per heavy atom. The zero-order valence-electron chi connectivity index (χ0n) is 16.8. The first-order valence-electron chi connectivity index (χ1n) is 9.66. The molecule has 0 atom stereocenters. The van der Waals surface area contributed by atoms with E-state index >= 15 is 0 Å². The van der Waals surface area contributed by atoms with E-state index in [9.17, 15) is 4.79 Å². The highest BCUT2D eigenvalue weighted by Crippen LogP contribution is 2.28. The number of anilines is 2. The Labute approximate surface area is 182 Å². The lowest BCUT2D eigenvalue weighted by molar-refractivity contribution is 0.102. The molecule has 0 aromatic heterocycles. The number of benzene rings is 2. The first-order valence-corrected chi connectivity index (χ1v) is 12.2. The second kappa shape index (κ2) is 12.3. The molecule has 2 rings (SSSR count). The van der Waals surface area contributed by atoms with Gasteiger partial charge in [0.25, 0.3) is 5.91 Å². The van der Waals surface area contributed by atoms with Crippen LogP contribution in [-0.4, -0.2) is 25.0 Å². The molecule has 0 saturated carbocycles. The summed E-state index contributed by atoms with van der Waals surface area (Å²) in [4.78, 5) is 14.0. The van der Waals surface area contributed by atoms with E-state index in [1.165, 1.54) is 48.9 Å². The maximum atomic E-state index is 12.8. The van der Waals surface area contributed by atoms with Crippen molar-refractivity contribution < 1.29 is 4.79 Å². The predicted octanol–water partition coefficient (Wildman–Crippen LogP) is 7.37. The number of amides is 1. The molecule has 0 unspecified atom stereocenters. The third-order valence-corrected chi connectivity index (χ3v) is 6.52. The molecule has 152 valence electrons. The highest BCUT2D eigenvalue weighted by molar-refractivity contribution is 8.00. The van der Waals surface area contributed by atoms with Gasteiger partial charge in [0.05, 0.1) is 11.3 Å². The summed E-state index contributed by atoms with van der Waals surface area (Å²) in [6, 6.07) is 13.4. The van der Waals surface area contributed by atoms with Gasteiger partial charge in [-0.05, 0) is 54.6 Å². The van der Waals surface area contributed by atoms with Crippen molar-refractivity contribution in [3.8, 4) is 0 Å². The molecular formula is C22H29ClN2OS2. The topological polar surface area (TPSA) is 32.3 Å². The number of unbranched alkanes of at least 4 members (excludes halogenated alkanes) is 4. The number of hydrogen-bond acceptors (Lipinski definition) is 4. The van der Waals surface area contributed by atoms with E-state index in [-0.39, 0.29) is 5.91 Å². The summed E-state index contributed by atoms with van der Waals surface area (Å²) in [5, 5.41) is 3.60. The standard InChI is InChI=1S/C22H29ClN2OS2/c1-4-5-6-7-8-15-28-19-12-10-18(11-13-19)24-22(26)20-14-9-17(23)16-21(20)25(2)27-3/h9-14,16H,4-8,15H2,1-3H3,(H,24,26). The van der Waals surface area contributed by atoms with Crippen molar-refractivity contribution in [1.29, 1.82) is 0 Å². The molecule has 1 amide bonds. The van der Waals surface area contributed by atoms with Crippen LogP contribution in [0.1, 0.15) is 49.4 Å². The molecule has 6 heteroatoms. The Hall–Kier alpha value is -1.30. The van der Waals surface area contributed by atoms with Gasteiger partial charge in [-0.25, -0.2) is 0 Å². The average Bonchev–Trinajstić information content (AvgIpc) is 2.71. The van der Waals surface area contributed by atoms with Gasteiger partial charge in [0, 0.05) is 28.9 Å². The second-order valence-electron chi connectivity index (χ2n) is 6.58. The fourth-order valence-corrected chi connectivity index (χ4v) is 4.21. The van der Waals surface area contributed by atoms with Gasteiger partial charge >= 0.3 is 0 Å². The van der Waals surface area contributed by atoms with E-state index in [0.29, 0.717) is 10.6 Å². The van der Waals surface area contributed by atoms with Crippen molar-refractivity contribution in [3.05, 3.63) is 53.1 Å². The van der Waals surface area contributed by atoms with E-state index in [1.54, 1.807) is 12.1 Å². The smallest absolute Gasteiger partial charge is 0.257 e. The number of nitrogens with one attached hydrogen (secondary N) is 1. The first kappa shape index (κ1) is 23.0. The molecule has 0 spiro atoms. The number of halogens is 1. The summed E-state index contributed by atoms with van der Waals surface area (Å²) < 4.78 is 1.93. The minimum absolute atomic E-state index is 0.135. The van der Waals surface area contributed by atoms with Gasteiger partial charge in [0.2, 0.25) is 0 Å². The summed E-state index contributed by atoms with van der Waals surface area (Å²) >= 11 is 9.52. The van der Waals surface area contributed by atoms with Gasteiger partial charge in [-0.15, -0.1) is 11.8 Å². The Morgan fingerprint density at radius 3 is 2.46 bits per heavy atom. The predicted molar refractivity (Wildman–Crippen MR) is 127 cm³/mol. The van der Waals surface area contributed by atoms with Gasteiger partial charge in [-0.3, -0.25) is 4.79 Å². The Morgan fingerprint density at radius 2 is 1.79 bits per heavy atom. The van der Waals surface area contributed by atoms with Crippen LogP contribution in [0.2, 0.25) is 5.02 Å². The summed E-state index contributed by atoms with van der Waals surface area (Å²) in [6.45, 7) is 2.24. The number of carbonyl (C=O) groups excluding carboxylic acids is 1. The molecule has 0 saturated heterocycles. The third kappa shape index (κ3) is 7.26. The Kier molecular flexibility index (Phi) is 10.1. The van der Waals surface area contributed by atoms with Crippen molar-refractivity contribution in [1.82, 2.24) is 0 Å². The van der Waals surface area contributed by atoms with Gasteiger partial charge < -0.3 is 9.62 Å². The van der Waals surface area contributed by atoms with E-state index in [0.717, 1.165) is 17.1 Å². The molecular weight excluding hydrogens is 408 g/mol. The van der Waals surface area contributed by atoms with Crippen LogP contribution >= 0.6 is 35.3 Å². The zero-order chi connectivity index (χ0) is 20.4. The lowest BCUT2D eigenvalue weighted by Gasteiger charge is -2.19. The van der Waals surface area contributed by atoms with Gasteiger partial charge in [0.15, 0.2) is 0 Å². The summed E-state index contributed by atoms with van der Waals surface area (Å²) in [6.07, 6.45) is 8.48. The molecule has 0 bridgehead atoms. The fraction of sp³-hybridized carbons (Fsp3) is 0.409. The lowest BCUT2D eigenvalue weighted by atomic mass is 10.1. The first-order chi connectivity index (χ1) is 13.5. The molecule has 0 aliphatic heterocycles. The molecule has 0 radical (unpaired) electrons. The van der Waals surface area contributed by atoms with Crippen molar-refractivity contribution in [2.24, 2.45) is 0 Å². The van der Waals surface area contributed by atoms with Gasteiger partial charge in [-0.1, -0.05) is 56.2 Å². The Bertz CT molecular complexity index is 753. The maximum absolute atomic E-state index is 12.8. The van der Waals surface area contributed by atoms with Crippen LogP contribution in [0.3, 0.4) is 0 Å². The van der Waals surface area contributed by atoms with E-state index < -0.39 is 0 Å². The van der Waals surface area contributed by atoms with Crippen LogP contribution in [0.4, 0.5) is 11.4 Å². The van der Waals surface area contributed by atoms with Crippen molar-refractivity contribution in [2.45, 2.75) is 43.9 Å². The summed E-state index contributed by atoms with van der Waals surface area (Å²) in [5.41, 5.74) is 2.20. The molecule has 28 heavy (non-hydrogen) atoms. The average molecular weight is 437 g/mol. The summed E-state index contributed by atoms with van der Waals surface area (Å²) in [5.74, 6) is 1.01. The molecule has 0 aliphatic rings. The van der Waals surface area contributed by atoms with Crippen LogP contribution in [0.15, 0.2) is 47.4 Å². The molecule has 1 N–H and O–H groups in total. The number of hydrogen-bond donors (Lipinski definition) is 1. The van der Waals surface area contributed by atoms with Crippen LogP contribution in [0.5, 0.6) is 0 Å². The lowest BCUT2D eigenvalue weighted by Crippen LogP contribution is -2.17. The largest absolute Gasteiger partial charge is 0.322 e. The Balaban J connectivity index is 1.92. The molecule has 2 aromatic carbocycles. The SMILES string of the molecule is CCCCCCCSc1ccc(NC(=O)c2ccc(Cl)cc2N(C)SC)cc1. The molecule has 0 heterocycles. The van der Waals surface area contributed by atoms with Crippen LogP contribution in [-0.2, 0) is 0 Å². The highest BCUT2D eigenvalue weighted by atomic mass is 35.5. The number of nitrogens with zero attached hydrogens (tertiary/aromatic N) is 1. The fourth-order valence-electron chi connectivity index (χ4n) is 2.78. The van der Waals surface area contributed by atoms with Crippen LogP contribution in [0, 0.1) is 0 Å². The molecule has 3 nitrogen and oxygen atoms in total. The molecule has 0 fully saturated rings. The van der Waals surface area contributed by atoms with Crippen molar-refractivity contribution in [2.75, 3.05) is 28.7 Å². The highest BCUT2D eigenvalue weighted by Gasteiger charge is 2.15. The van der Waals surface area contributed by atoms with Gasteiger partial charge in [-0.2, -0.15) is 0 Å². The van der Waals surface area contributed by atoms with Crippen molar-refractivity contribution >= 4 is 52.6 Å². The number of rotatable bonds is 11. The minimum atomic E-state index is -0.135. The van der Waals surface area contributed by atoms with E-state index in [1.807, 2.05) is 47.6 Å². The minimum Gasteiger partial charge on any atom is -0.322 e. The maximum Gasteiger partial charge on any atom is 0.257 e. The zero-order valence-corrected chi connectivity index (χ0v) is 19.2. The number of carbonyl (C=O) groups is 1. The molecule has 2 aromatic rings. The second-order valence-corrected chi connectivity index (χ2v) is 9.10. The molecule has 0 aliphatic carbocycles. The quantitative estimate of drug-likeness (QED) is 0.226. The normalized spacial score (nSPS) is 10.7. The van der Waals surface area contributed by atoms with E-state index in [4.69, 9.17) is 11.6 Å². The van der Waals surface area contributed by atoms with Crippen molar-refractivity contribution in [3.63, 3.8) is 0 Å². The van der Waals surface area contributed by atoms with E-state index in [2.05, 4.69) is 24.4 Å². The monoisotopic (exact) mass is 436 g/mol. The van der Waals surface area contributed by atoms with Gasteiger partial charge in [0.1, 0.15) is 0 Å². The summed E-state index contributed by atoms with van der Waals surface area (Å²) in [7, 11) is 1.92. The van der Waals surface area contributed by atoms with Crippen LogP contribution < -0.4 is 9.62 Å².